The molecule has 169 valence electrons. The Hall–Kier alpha value is -3.31. The Morgan fingerprint density at radius 3 is 2.42 bits per heavy atom. The van der Waals surface area contributed by atoms with Crippen LogP contribution in [0.3, 0.4) is 0 Å². The first-order chi connectivity index (χ1) is 16.0. The molecule has 1 radical (unpaired) electrons. The molecule has 1 aromatic heterocycles. The van der Waals surface area contributed by atoms with E-state index in [1.807, 2.05) is 18.2 Å². The molecule has 0 aliphatic rings. The summed E-state index contributed by atoms with van der Waals surface area (Å²) in [5, 5.41) is 7.57. The quantitative estimate of drug-likeness (QED) is 0.315. The SMILES string of the molecule is [CH2]CCNCc1ccc(-c2noc([C@H](Cc3cc(C)cc(C)c3)c3cccc(F)c3)n2)cc1. The van der Waals surface area contributed by atoms with Crippen LogP contribution in [0.4, 0.5) is 4.39 Å². The van der Waals surface area contributed by atoms with Crippen molar-refractivity contribution >= 4 is 0 Å². The van der Waals surface area contributed by atoms with Crippen molar-refractivity contribution in [3.05, 3.63) is 113 Å². The maximum atomic E-state index is 14.1. The summed E-state index contributed by atoms with van der Waals surface area (Å²) in [5.74, 6) is 0.495. The molecule has 0 unspecified atom stereocenters. The van der Waals surface area contributed by atoms with Crippen LogP contribution in [0.1, 0.15) is 46.0 Å². The lowest BCUT2D eigenvalue weighted by Crippen LogP contribution is -2.13. The molecule has 0 aliphatic carbocycles. The highest BCUT2D eigenvalue weighted by Gasteiger charge is 2.23. The van der Waals surface area contributed by atoms with Gasteiger partial charge >= 0.3 is 0 Å². The van der Waals surface area contributed by atoms with Crippen LogP contribution in [-0.2, 0) is 13.0 Å². The molecule has 4 nitrogen and oxygen atoms in total. The summed E-state index contributed by atoms with van der Waals surface area (Å²) in [7, 11) is 0. The number of nitrogens with one attached hydrogen (secondary N) is 1. The van der Waals surface area contributed by atoms with Gasteiger partial charge in [0.05, 0.1) is 5.92 Å². The first-order valence-corrected chi connectivity index (χ1v) is 11.3. The van der Waals surface area contributed by atoms with Crippen LogP contribution in [0.15, 0.2) is 71.3 Å². The summed E-state index contributed by atoms with van der Waals surface area (Å²) in [4.78, 5) is 4.71. The minimum Gasteiger partial charge on any atom is -0.338 e. The molecule has 0 aliphatic heterocycles. The molecule has 4 aromatic rings. The van der Waals surface area contributed by atoms with Crippen LogP contribution in [0, 0.1) is 26.6 Å². The van der Waals surface area contributed by atoms with Crippen LogP contribution in [-0.4, -0.2) is 16.7 Å². The Labute approximate surface area is 194 Å². The molecule has 1 atom stereocenters. The molecular weight excluding hydrogens is 413 g/mol. The van der Waals surface area contributed by atoms with E-state index in [1.54, 1.807) is 12.1 Å². The topological polar surface area (TPSA) is 51.0 Å². The average Bonchev–Trinajstić information content (AvgIpc) is 3.27. The number of aryl methyl sites for hydroxylation is 2. The second-order valence-electron chi connectivity index (χ2n) is 8.49. The normalized spacial score (nSPS) is 12.1. The Bertz CT molecular complexity index is 1180. The van der Waals surface area contributed by atoms with Gasteiger partial charge in [0.2, 0.25) is 11.7 Å². The van der Waals surface area contributed by atoms with Crippen molar-refractivity contribution in [1.29, 1.82) is 0 Å². The lowest BCUT2D eigenvalue weighted by molar-refractivity contribution is 0.364. The predicted octanol–water partition coefficient (Wildman–Crippen LogP) is 6.18. The smallest absolute Gasteiger partial charge is 0.234 e. The summed E-state index contributed by atoms with van der Waals surface area (Å²) >= 11 is 0. The van der Waals surface area contributed by atoms with Crippen molar-refractivity contribution in [1.82, 2.24) is 15.5 Å². The van der Waals surface area contributed by atoms with E-state index >= 15 is 0 Å². The minimum absolute atomic E-state index is 0.241. The van der Waals surface area contributed by atoms with E-state index in [4.69, 9.17) is 9.51 Å². The Balaban J connectivity index is 1.61. The number of rotatable bonds is 9. The highest BCUT2D eigenvalue weighted by Crippen LogP contribution is 2.30. The van der Waals surface area contributed by atoms with Gasteiger partial charge in [0, 0.05) is 12.1 Å². The summed E-state index contributed by atoms with van der Waals surface area (Å²) in [6, 6.07) is 21.2. The second kappa shape index (κ2) is 10.5. The van der Waals surface area contributed by atoms with Crippen LogP contribution in [0.2, 0.25) is 0 Å². The number of nitrogens with zero attached hydrogens (tertiary/aromatic N) is 2. The number of halogens is 1. The lowest BCUT2D eigenvalue weighted by Gasteiger charge is -2.15. The van der Waals surface area contributed by atoms with E-state index in [-0.39, 0.29) is 11.7 Å². The van der Waals surface area contributed by atoms with Gasteiger partial charge in [0.1, 0.15) is 5.82 Å². The van der Waals surface area contributed by atoms with Crippen molar-refractivity contribution in [2.24, 2.45) is 0 Å². The van der Waals surface area contributed by atoms with E-state index in [0.717, 1.165) is 36.2 Å². The fourth-order valence-corrected chi connectivity index (χ4v) is 4.12. The fourth-order valence-electron chi connectivity index (χ4n) is 4.12. The second-order valence-corrected chi connectivity index (χ2v) is 8.49. The molecule has 3 aromatic carbocycles. The maximum Gasteiger partial charge on any atom is 0.234 e. The zero-order valence-corrected chi connectivity index (χ0v) is 19.1. The number of benzene rings is 3. The lowest BCUT2D eigenvalue weighted by atomic mass is 9.90. The Kier molecular flexibility index (Phi) is 7.30. The van der Waals surface area contributed by atoms with Gasteiger partial charge in [-0.15, -0.1) is 0 Å². The first kappa shape index (κ1) is 22.9. The van der Waals surface area contributed by atoms with E-state index < -0.39 is 0 Å². The van der Waals surface area contributed by atoms with Crippen LogP contribution in [0.5, 0.6) is 0 Å². The van der Waals surface area contributed by atoms with Crippen LogP contribution >= 0.6 is 0 Å². The summed E-state index contributed by atoms with van der Waals surface area (Å²) < 4.78 is 19.8. The van der Waals surface area contributed by atoms with Gasteiger partial charge in [-0.1, -0.05) is 77.8 Å². The minimum atomic E-state index is -0.277. The summed E-state index contributed by atoms with van der Waals surface area (Å²) in [6.07, 6.45) is 1.50. The van der Waals surface area contributed by atoms with Crippen molar-refractivity contribution in [3.63, 3.8) is 0 Å². The third-order valence-electron chi connectivity index (χ3n) is 5.61. The molecule has 0 saturated heterocycles. The molecule has 0 bridgehead atoms. The molecule has 33 heavy (non-hydrogen) atoms. The molecule has 0 spiro atoms. The molecule has 5 heteroatoms. The number of hydrogen-bond donors (Lipinski definition) is 1. The van der Waals surface area contributed by atoms with E-state index in [2.05, 4.69) is 61.6 Å². The molecule has 1 N–H and O–H groups in total. The van der Waals surface area contributed by atoms with Crippen molar-refractivity contribution in [3.8, 4) is 11.4 Å². The van der Waals surface area contributed by atoms with E-state index in [0.29, 0.717) is 18.1 Å². The fraction of sp³-hybridized carbons (Fsp3) is 0.250. The first-order valence-electron chi connectivity index (χ1n) is 11.3. The third-order valence-corrected chi connectivity index (χ3v) is 5.61. The monoisotopic (exact) mass is 442 g/mol. The zero-order valence-electron chi connectivity index (χ0n) is 19.1. The summed E-state index contributed by atoms with van der Waals surface area (Å²) in [6.45, 7) is 9.68. The Morgan fingerprint density at radius 2 is 1.73 bits per heavy atom. The number of aromatic nitrogens is 2. The van der Waals surface area contributed by atoms with Gasteiger partial charge in [0.25, 0.3) is 0 Å². The predicted molar refractivity (Wildman–Crippen MR) is 129 cm³/mol. The molecule has 0 saturated carbocycles. The molecule has 1 heterocycles. The summed E-state index contributed by atoms with van der Waals surface area (Å²) in [5.41, 5.74) is 6.42. The third kappa shape index (κ3) is 5.93. The standard InChI is InChI=1S/C28H29FN3O/c1-4-12-30-18-21-8-10-23(11-9-21)27-31-28(33-32-27)26(24-6-5-7-25(29)17-24)16-22-14-19(2)13-20(3)15-22/h5-11,13-15,17,26,30H,1,4,12,16,18H2,2-3H3/t26-/m1/s1. The van der Waals surface area contributed by atoms with Gasteiger partial charge in [-0.25, -0.2) is 4.39 Å². The van der Waals surface area contributed by atoms with E-state index in [9.17, 15) is 4.39 Å². The van der Waals surface area contributed by atoms with Crippen molar-refractivity contribution < 1.29 is 8.91 Å². The molecule has 0 fully saturated rings. The van der Waals surface area contributed by atoms with Gasteiger partial charge in [-0.05, 0) is 62.1 Å². The van der Waals surface area contributed by atoms with Gasteiger partial charge in [0.15, 0.2) is 0 Å². The van der Waals surface area contributed by atoms with Gasteiger partial charge in [-0.2, -0.15) is 4.98 Å². The van der Waals surface area contributed by atoms with Crippen LogP contribution in [0.25, 0.3) is 11.4 Å². The average molecular weight is 443 g/mol. The van der Waals surface area contributed by atoms with E-state index in [1.165, 1.54) is 22.8 Å². The van der Waals surface area contributed by atoms with Crippen molar-refractivity contribution in [2.45, 2.75) is 39.2 Å². The molecule has 4 rings (SSSR count). The van der Waals surface area contributed by atoms with Crippen LogP contribution < -0.4 is 5.32 Å². The largest absolute Gasteiger partial charge is 0.338 e. The maximum absolute atomic E-state index is 14.1. The molecule has 0 amide bonds. The van der Waals surface area contributed by atoms with Gasteiger partial charge < -0.3 is 9.84 Å². The highest BCUT2D eigenvalue weighted by atomic mass is 19.1. The highest BCUT2D eigenvalue weighted by molar-refractivity contribution is 5.55. The number of hydrogen-bond acceptors (Lipinski definition) is 4. The van der Waals surface area contributed by atoms with Gasteiger partial charge in [-0.3, -0.25) is 0 Å². The Morgan fingerprint density at radius 1 is 0.970 bits per heavy atom. The van der Waals surface area contributed by atoms with Crippen molar-refractivity contribution in [2.75, 3.05) is 6.54 Å². The molecular formula is C28H29FN3O. The zero-order chi connectivity index (χ0) is 23.2.